The van der Waals surface area contributed by atoms with Crippen molar-refractivity contribution in [3.05, 3.63) is 36.0 Å². The molecule has 27 heavy (non-hydrogen) atoms. The fourth-order valence-corrected chi connectivity index (χ4v) is 2.80. The van der Waals surface area contributed by atoms with Crippen molar-refractivity contribution in [1.82, 2.24) is 10.3 Å². The zero-order valence-corrected chi connectivity index (χ0v) is 15.9. The number of carbonyl (C=O) groups excluding carboxylic acids is 3. The number of benzene rings is 1. The number of aryl methyl sites for hydroxylation is 1. The maximum atomic E-state index is 12.0. The summed E-state index contributed by atoms with van der Waals surface area (Å²) in [5, 5.41) is 3.64. The van der Waals surface area contributed by atoms with Crippen LogP contribution in [0.25, 0.3) is 10.9 Å². The molecule has 146 valence electrons. The normalized spacial score (nSPS) is 13.0. The van der Waals surface area contributed by atoms with Crippen molar-refractivity contribution in [3.63, 3.8) is 0 Å². The van der Waals surface area contributed by atoms with Gasteiger partial charge in [-0.3, -0.25) is 9.59 Å². The molecule has 0 fully saturated rings. The molecule has 0 spiro atoms. The van der Waals surface area contributed by atoms with E-state index in [1.165, 1.54) is 7.11 Å². The number of para-hydroxylation sites is 1. The van der Waals surface area contributed by atoms with Crippen LogP contribution in [0.15, 0.2) is 30.5 Å². The highest BCUT2D eigenvalue weighted by Crippen LogP contribution is 2.19. The van der Waals surface area contributed by atoms with Crippen LogP contribution in [-0.4, -0.2) is 42.6 Å². The van der Waals surface area contributed by atoms with E-state index in [1.54, 1.807) is 0 Å². The van der Waals surface area contributed by atoms with E-state index in [2.05, 4.69) is 10.3 Å². The van der Waals surface area contributed by atoms with Crippen molar-refractivity contribution in [2.24, 2.45) is 5.92 Å². The first-order valence-electron chi connectivity index (χ1n) is 9.04. The highest BCUT2D eigenvalue weighted by Gasteiger charge is 2.26. The Morgan fingerprint density at radius 1 is 1.22 bits per heavy atom. The van der Waals surface area contributed by atoms with Crippen molar-refractivity contribution < 1.29 is 23.9 Å². The Labute approximate surface area is 158 Å². The van der Waals surface area contributed by atoms with Crippen molar-refractivity contribution in [2.45, 2.75) is 39.2 Å². The van der Waals surface area contributed by atoms with E-state index in [4.69, 9.17) is 9.47 Å². The Morgan fingerprint density at radius 2 is 1.96 bits per heavy atom. The van der Waals surface area contributed by atoms with Gasteiger partial charge in [0.2, 0.25) is 0 Å². The number of aromatic amines is 1. The largest absolute Gasteiger partial charge is 0.467 e. The van der Waals surface area contributed by atoms with E-state index in [9.17, 15) is 14.4 Å². The summed E-state index contributed by atoms with van der Waals surface area (Å²) in [7, 11) is 1.27. The molecule has 2 atom stereocenters. The molecule has 0 unspecified atom stereocenters. The molecular weight excluding hydrogens is 348 g/mol. The first-order chi connectivity index (χ1) is 13.0. The molecule has 0 aliphatic heterocycles. The van der Waals surface area contributed by atoms with Gasteiger partial charge in [0.25, 0.3) is 5.91 Å². The highest BCUT2D eigenvalue weighted by atomic mass is 16.5. The minimum Gasteiger partial charge on any atom is -0.467 e. The number of ether oxygens (including phenoxy) is 2. The second-order valence-electron chi connectivity index (χ2n) is 6.47. The van der Waals surface area contributed by atoms with Gasteiger partial charge in [-0.1, -0.05) is 38.5 Å². The lowest BCUT2D eigenvalue weighted by Crippen LogP contribution is -2.47. The van der Waals surface area contributed by atoms with Crippen LogP contribution in [0, 0.1) is 5.92 Å². The molecule has 0 aliphatic rings. The summed E-state index contributed by atoms with van der Waals surface area (Å²) in [6, 6.07) is 7.09. The number of methoxy groups -OCH3 is 1. The van der Waals surface area contributed by atoms with Crippen molar-refractivity contribution in [3.8, 4) is 0 Å². The lowest BCUT2D eigenvalue weighted by molar-refractivity contribution is -0.151. The quantitative estimate of drug-likeness (QED) is 0.657. The number of nitrogens with one attached hydrogen (secondary N) is 2. The number of carbonyl (C=O) groups is 3. The van der Waals surface area contributed by atoms with Gasteiger partial charge < -0.3 is 19.8 Å². The average Bonchev–Trinajstić information content (AvgIpc) is 3.10. The van der Waals surface area contributed by atoms with Gasteiger partial charge in [0.05, 0.1) is 7.11 Å². The number of fused-ring (bicyclic) bond motifs is 1. The van der Waals surface area contributed by atoms with Gasteiger partial charge >= 0.3 is 11.9 Å². The molecule has 1 aromatic carbocycles. The van der Waals surface area contributed by atoms with E-state index < -0.39 is 30.5 Å². The van der Waals surface area contributed by atoms with Crippen LogP contribution < -0.4 is 5.32 Å². The van der Waals surface area contributed by atoms with Gasteiger partial charge in [0, 0.05) is 23.5 Å². The maximum Gasteiger partial charge on any atom is 0.328 e. The molecule has 0 bridgehead atoms. The minimum absolute atomic E-state index is 0.0843. The Hall–Kier alpha value is -2.83. The summed E-state index contributed by atoms with van der Waals surface area (Å²) in [6.07, 6.45) is 3.26. The molecule has 2 rings (SSSR count). The van der Waals surface area contributed by atoms with Crippen LogP contribution >= 0.6 is 0 Å². The second-order valence-corrected chi connectivity index (χ2v) is 6.47. The Morgan fingerprint density at radius 3 is 2.67 bits per heavy atom. The summed E-state index contributed by atoms with van der Waals surface area (Å²) < 4.78 is 9.74. The summed E-state index contributed by atoms with van der Waals surface area (Å²) in [5.74, 6) is -1.58. The van der Waals surface area contributed by atoms with E-state index in [0.717, 1.165) is 16.5 Å². The summed E-state index contributed by atoms with van der Waals surface area (Å²) in [6.45, 7) is 3.34. The third-order valence-electron chi connectivity index (χ3n) is 4.62. The molecule has 7 heteroatoms. The first-order valence-corrected chi connectivity index (χ1v) is 9.04. The SMILES string of the molecule is CC[C@H](C)[C@H](NC(=O)COC(=O)CCc1c[nH]c2ccccc12)C(=O)OC. The molecule has 1 heterocycles. The maximum absolute atomic E-state index is 12.0. The summed E-state index contributed by atoms with van der Waals surface area (Å²) in [4.78, 5) is 38.9. The third-order valence-corrected chi connectivity index (χ3v) is 4.62. The second kappa shape index (κ2) is 9.75. The lowest BCUT2D eigenvalue weighted by Gasteiger charge is -2.21. The molecule has 2 aromatic rings. The highest BCUT2D eigenvalue weighted by molar-refractivity contribution is 5.87. The van der Waals surface area contributed by atoms with E-state index >= 15 is 0 Å². The Bertz CT molecular complexity index is 799. The molecule has 1 amide bonds. The molecular formula is C20H26N2O5. The smallest absolute Gasteiger partial charge is 0.328 e. The van der Waals surface area contributed by atoms with Gasteiger partial charge in [-0.15, -0.1) is 0 Å². The van der Waals surface area contributed by atoms with Gasteiger partial charge in [0.15, 0.2) is 6.61 Å². The number of hydrogen-bond acceptors (Lipinski definition) is 5. The zero-order valence-electron chi connectivity index (χ0n) is 15.9. The van der Waals surface area contributed by atoms with Crippen LogP contribution in [0.4, 0.5) is 0 Å². The van der Waals surface area contributed by atoms with Crippen molar-refractivity contribution in [2.75, 3.05) is 13.7 Å². The Kier molecular flexibility index (Phi) is 7.40. The standard InChI is InChI=1S/C20H26N2O5/c1-4-13(2)19(20(25)26-3)22-17(23)12-27-18(24)10-9-14-11-21-16-8-6-5-7-15(14)16/h5-8,11,13,19,21H,4,9-10,12H2,1-3H3,(H,22,23)/t13-,19-/m0/s1. The van der Waals surface area contributed by atoms with E-state index in [1.807, 2.05) is 44.3 Å². The predicted octanol–water partition coefficient (Wildman–Crippen LogP) is 2.35. The number of hydrogen-bond donors (Lipinski definition) is 2. The number of aromatic nitrogens is 1. The van der Waals surface area contributed by atoms with Gasteiger partial charge in [0.1, 0.15) is 6.04 Å². The summed E-state index contributed by atoms with van der Waals surface area (Å²) in [5.41, 5.74) is 2.04. The van der Waals surface area contributed by atoms with Crippen molar-refractivity contribution in [1.29, 1.82) is 0 Å². The Balaban J connectivity index is 1.80. The number of amides is 1. The van der Waals surface area contributed by atoms with Crippen LogP contribution in [0.5, 0.6) is 0 Å². The minimum atomic E-state index is -0.752. The molecule has 0 saturated carbocycles. The lowest BCUT2D eigenvalue weighted by atomic mass is 9.99. The van der Waals surface area contributed by atoms with E-state index in [-0.39, 0.29) is 12.3 Å². The first kappa shape index (κ1) is 20.5. The fraction of sp³-hybridized carbons (Fsp3) is 0.450. The average molecular weight is 374 g/mol. The topological polar surface area (TPSA) is 97.5 Å². The summed E-state index contributed by atoms with van der Waals surface area (Å²) >= 11 is 0. The van der Waals surface area contributed by atoms with Crippen LogP contribution in [0.1, 0.15) is 32.3 Å². The third kappa shape index (κ3) is 5.57. The van der Waals surface area contributed by atoms with Gasteiger partial charge in [-0.25, -0.2) is 4.79 Å². The number of esters is 2. The molecule has 0 aliphatic carbocycles. The molecule has 0 saturated heterocycles. The molecule has 7 nitrogen and oxygen atoms in total. The van der Waals surface area contributed by atoms with Gasteiger partial charge in [-0.05, 0) is 24.0 Å². The molecule has 0 radical (unpaired) electrons. The van der Waals surface area contributed by atoms with Crippen LogP contribution in [0.2, 0.25) is 0 Å². The number of rotatable bonds is 9. The molecule has 1 aromatic heterocycles. The van der Waals surface area contributed by atoms with Gasteiger partial charge in [-0.2, -0.15) is 0 Å². The molecule has 2 N–H and O–H groups in total. The monoisotopic (exact) mass is 374 g/mol. The van der Waals surface area contributed by atoms with Crippen LogP contribution in [-0.2, 0) is 30.3 Å². The predicted molar refractivity (Wildman–Crippen MR) is 101 cm³/mol. The van der Waals surface area contributed by atoms with E-state index in [0.29, 0.717) is 12.8 Å². The zero-order chi connectivity index (χ0) is 19.8. The number of H-pyrrole nitrogens is 1. The van der Waals surface area contributed by atoms with Crippen LogP contribution in [0.3, 0.4) is 0 Å². The van der Waals surface area contributed by atoms with Crippen molar-refractivity contribution >= 4 is 28.7 Å². The fourth-order valence-electron chi connectivity index (χ4n) is 2.80.